The highest BCUT2D eigenvalue weighted by Gasteiger charge is 2.29. The molecular weight excluding hydrogens is 363 g/mol. The molecule has 0 amide bonds. The highest BCUT2D eigenvalue weighted by atomic mass is 19.1. The summed E-state index contributed by atoms with van der Waals surface area (Å²) in [6.45, 7) is 4.88. The molecule has 28 heavy (non-hydrogen) atoms. The molecule has 0 aliphatic carbocycles. The van der Waals surface area contributed by atoms with Crippen LogP contribution in [0.25, 0.3) is 11.0 Å². The minimum atomic E-state index is -0.690. The second kappa shape index (κ2) is 7.24. The summed E-state index contributed by atoms with van der Waals surface area (Å²) in [7, 11) is 0. The molecule has 0 radical (unpaired) electrons. The van der Waals surface area contributed by atoms with Crippen LogP contribution in [-0.2, 0) is 11.3 Å². The Kier molecular flexibility index (Phi) is 4.77. The van der Waals surface area contributed by atoms with Crippen LogP contribution in [0.2, 0.25) is 0 Å². The number of hydrogen-bond donors (Lipinski definition) is 0. The third kappa shape index (κ3) is 3.22. The molecule has 6 nitrogen and oxygen atoms in total. The summed E-state index contributed by atoms with van der Waals surface area (Å²) in [5, 5.41) is 0.0636. The van der Waals surface area contributed by atoms with Crippen molar-refractivity contribution in [1.82, 2.24) is 4.74 Å². The lowest BCUT2D eigenvalue weighted by Gasteiger charge is -2.37. The Bertz CT molecular complexity index is 1060. The standard InChI is InChI=1S/C21H21FN2O4/c1-13-9-23(10-14(2)27-13)19-16(12-25)8-17-20(18(19)22)28-24(21(17)26)11-15-6-4-3-5-7-15/h3-8,12-14H,9-11H2,1-2H3. The van der Waals surface area contributed by atoms with E-state index in [0.29, 0.717) is 19.4 Å². The van der Waals surface area contributed by atoms with Crippen LogP contribution in [-0.4, -0.2) is 36.3 Å². The van der Waals surface area contributed by atoms with E-state index >= 15 is 4.39 Å². The van der Waals surface area contributed by atoms with Crippen LogP contribution in [0.3, 0.4) is 0 Å². The molecule has 7 heteroatoms. The van der Waals surface area contributed by atoms with E-state index in [2.05, 4.69) is 0 Å². The van der Waals surface area contributed by atoms with Crippen LogP contribution < -0.4 is 10.5 Å². The monoisotopic (exact) mass is 384 g/mol. The maximum absolute atomic E-state index is 15.4. The Labute approximate surface area is 161 Å². The fourth-order valence-electron chi connectivity index (χ4n) is 3.80. The molecule has 1 saturated heterocycles. The van der Waals surface area contributed by atoms with E-state index in [-0.39, 0.29) is 41.0 Å². The first-order valence-electron chi connectivity index (χ1n) is 9.23. The average Bonchev–Trinajstić information content (AvgIpc) is 2.98. The molecule has 2 aromatic carbocycles. The molecule has 1 aromatic heterocycles. The lowest BCUT2D eigenvalue weighted by atomic mass is 10.1. The molecule has 3 aromatic rings. The molecule has 146 valence electrons. The smallest absolute Gasteiger partial charge is 0.290 e. The van der Waals surface area contributed by atoms with Gasteiger partial charge in [0.15, 0.2) is 12.1 Å². The second-order valence-corrected chi connectivity index (χ2v) is 7.20. The van der Waals surface area contributed by atoms with Gasteiger partial charge in [-0.05, 0) is 25.5 Å². The van der Waals surface area contributed by atoms with Crippen LogP contribution in [0, 0.1) is 5.82 Å². The number of carbonyl (C=O) groups is 1. The number of aromatic nitrogens is 1. The van der Waals surface area contributed by atoms with Gasteiger partial charge in [0.05, 0.1) is 29.8 Å². The SMILES string of the molecule is CC1CN(c2c(C=O)cc3c(=O)n(Cc4ccccc4)oc3c2F)CC(C)O1. The van der Waals surface area contributed by atoms with Crippen molar-refractivity contribution in [2.24, 2.45) is 0 Å². The number of hydrogen-bond acceptors (Lipinski definition) is 5. The summed E-state index contributed by atoms with van der Waals surface area (Å²) >= 11 is 0. The summed E-state index contributed by atoms with van der Waals surface area (Å²) in [4.78, 5) is 26.2. The average molecular weight is 384 g/mol. The Hall–Kier alpha value is -2.93. The molecule has 0 N–H and O–H groups in total. The van der Waals surface area contributed by atoms with Gasteiger partial charge in [-0.3, -0.25) is 9.59 Å². The molecule has 4 rings (SSSR count). The van der Waals surface area contributed by atoms with E-state index in [4.69, 9.17) is 9.26 Å². The van der Waals surface area contributed by atoms with Gasteiger partial charge in [0.25, 0.3) is 5.56 Å². The van der Waals surface area contributed by atoms with Crippen LogP contribution in [0.5, 0.6) is 0 Å². The lowest BCUT2D eigenvalue weighted by Crippen LogP contribution is -2.46. The Morgan fingerprint density at radius 2 is 1.86 bits per heavy atom. The molecule has 0 bridgehead atoms. The number of rotatable bonds is 4. The topological polar surface area (TPSA) is 64.7 Å². The van der Waals surface area contributed by atoms with Gasteiger partial charge in [0.2, 0.25) is 5.58 Å². The van der Waals surface area contributed by atoms with Gasteiger partial charge < -0.3 is 14.2 Å². The van der Waals surface area contributed by atoms with Gasteiger partial charge in [-0.15, -0.1) is 0 Å². The predicted octanol–water partition coefficient (Wildman–Crippen LogP) is 3.21. The number of anilines is 1. The van der Waals surface area contributed by atoms with E-state index in [0.717, 1.165) is 10.3 Å². The zero-order chi connectivity index (χ0) is 19.8. The largest absolute Gasteiger partial charge is 0.372 e. The minimum Gasteiger partial charge on any atom is -0.372 e. The van der Waals surface area contributed by atoms with Crippen molar-refractivity contribution >= 4 is 22.9 Å². The van der Waals surface area contributed by atoms with E-state index in [1.807, 2.05) is 44.2 Å². The first-order chi connectivity index (χ1) is 13.5. The summed E-state index contributed by atoms with van der Waals surface area (Å²) < 4.78 is 27.8. The van der Waals surface area contributed by atoms with Crippen LogP contribution in [0.1, 0.15) is 29.8 Å². The normalized spacial score (nSPS) is 19.9. The summed E-state index contributed by atoms with van der Waals surface area (Å²) in [6.07, 6.45) is 0.373. The summed E-state index contributed by atoms with van der Waals surface area (Å²) in [6, 6.07) is 10.7. The molecule has 1 aliphatic heterocycles. The lowest BCUT2D eigenvalue weighted by molar-refractivity contribution is -0.00543. The second-order valence-electron chi connectivity index (χ2n) is 7.20. The number of fused-ring (bicyclic) bond motifs is 1. The van der Waals surface area contributed by atoms with E-state index in [1.54, 1.807) is 4.90 Å². The molecular formula is C21H21FN2O4. The Morgan fingerprint density at radius 3 is 2.50 bits per heavy atom. The van der Waals surface area contributed by atoms with Crippen molar-refractivity contribution in [3.8, 4) is 0 Å². The molecule has 1 fully saturated rings. The molecule has 2 heterocycles. The molecule has 2 atom stereocenters. The fraction of sp³-hybridized carbons (Fsp3) is 0.333. The van der Waals surface area contributed by atoms with Gasteiger partial charge >= 0.3 is 0 Å². The maximum atomic E-state index is 15.4. The first-order valence-corrected chi connectivity index (χ1v) is 9.23. The van der Waals surface area contributed by atoms with Crippen molar-refractivity contribution in [1.29, 1.82) is 0 Å². The third-order valence-corrected chi connectivity index (χ3v) is 4.92. The predicted molar refractivity (Wildman–Crippen MR) is 104 cm³/mol. The number of nitrogens with zero attached hydrogens (tertiary/aromatic N) is 2. The zero-order valence-electron chi connectivity index (χ0n) is 15.7. The van der Waals surface area contributed by atoms with Crippen molar-refractivity contribution in [2.75, 3.05) is 18.0 Å². The minimum absolute atomic E-state index is 0.0636. The van der Waals surface area contributed by atoms with E-state index < -0.39 is 11.4 Å². The van der Waals surface area contributed by atoms with Crippen molar-refractivity contribution in [2.45, 2.75) is 32.6 Å². The van der Waals surface area contributed by atoms with Crippen LogP contribution in [0.15, 0.2) is 45.7 Å². The number of ether oxygens (including phenoxy) is 1. The maximum Gasteiger partial charge on any atom is 0.290 e. The number of benzene rings is 2. The van der Waals surface area contributed by atoms with Gasteiger partial charge in [-0.2, -0.15) is 4.74 Å². The zero-order valence-corrected chi connectivity index (χ0v) is 15.7. The molecule has 0 saturated carbocycles. The summed E-state index contributed by atoms with van der Waals surface area (Å²) in [5.41, 5.74) is 0.557. The van der Waals surface area contributed by atoms with Gasteiger partial charge in [0, 0.05) is 18.7 Å². The molecule has 2 unspecified atom stereocenters. The third-order valence-electron chi connectivity index (χ3n) is 4.92. The Morgan fingerprint density at radius 1 is 1.18 bits per heavy atom. The van der Waals surface area contributed by atoms with E-state index in [9.17, 15) is 9.59 Å². The van der Waals surface area contributed by atoms with Crippen molar-refractivity contribution < 1.29 is 18.4 Å². The summed E-state index contributed by atoms with van der Waals surface area (Å²) in [5.74, 6) is -0.690. The number of halogens is 1. The van der Waals surface area contributed by atoms with Crippen LogP contribution >= 0.6 is 0 Å². The van der Waals surface area contributed by atoms with Gasteiger partial charge in [0.1, 0.15) is 0 Å². The number of aldehydes is 1. The highest BCUT2D eigenvalue weighted by molar-refractivity contribution is 5.94. The fourth-order valence-corrected chi connectivity index (χ4v) is 3.80. The van der Waals surface area contributed by atoms with Crippen molar-refractivity contribution in [3.05, 3.63) is 63.7 Å². The number of carbonyl (C=O) groups excluding carboxylic acids is 1. The van der Waals surface area contributed by atoms with Crippen LogP contribution in [0.4, 0.5) is 10.1 Å². The van der Waals surface area contributed by atoms with Gasteiger partial charge in [-0.1, -0.05) is 30.3 Å². The molecule has 1 aliphatic rings. The van der Waals surface area contributed by atoms with Gasteiger partial charge in [-0.25, -0.2) is 4.39 Å². The Balaban J connectivity index is 1.83. The number of morpholine rings is 1. The molecule has 0 spiro atoms. The quantitative estimate of drug-likeness (QED) is 0.647. The highest BCUT2D eigenvalue weighted by Crippen LogP contribution is 2.32. The first kappa shape index (κ1) is 18.4. The van der Waals surface area contributed by atoms with Crippen molar-refractivity contribution in [3.63, 3.8) is 0 Å². The van der Waals surface area contributed by atoms with E-state index in [1.165, 1.54) is 6.07 Å².